The molecule has 0 bridgehead atoms. The van der Waals surface area contributed by atoms with E-state index < -0.39 is 0 Å². The Morgan fingerprint density at radius 3 is 2.94 bits per heavy atom. The van der Waals surface area contributed by atoms with E-state index in [9.17, 15) is 4.79 Å². The van der Waals surface area contributed by atoms with Crippen molar-refractivity contribution < 1.29 is 4.79 Å². The summed E-state index contributed by atoms with van der Waals surface area (Å²) in [7, 11) is 0. The first-order valence-corrected chi connectivity index (χ1v) is 6.63. The van der Waals surface area contributed by atoms with Crippen molar-refractivity contribution in [2.75, 3.05) is 0 Å². The van der Waals surface area contributed by atoms with Crippen LogP contribution in [0.1, 0.15) is 19.8 Å². The maximum absolute atomic E-state index is 11.5. The number of rotatable bonds is 5. The highest BCUT2D eigenvalue weighted by atomic mass is 79.9. The first-order valence-electron chi connectivity index (χ1n) is 4.96. The standard InChI is InChI=1S/C10H14BrN3OS/c1-2-3-8(10(15)14-12)16-9-5-4-7(11)6-13-9/h4-6,8H,2-3,12H2,1H3,(H,14,15). The van der Waals surface area contributed by atoms with Gasteiger partial charge in [0, 0.05) is 10.7 Å². The fourth-order valence-corrected chi connectivity index (χ4v) is 2.49. The maximum Gasteiger partial charge on any atom is 0.247 e. The van der Waals surface area contributed by atoms with Gasteiger partial charge in [0.1, 0.15) is 0 Å². The van der Waals surface area contributed by atoms with Crippen LogP contribution in [0.4, 0.5) is 0 Å². The smallest absolute Gasteiger partial charge is 0.247 e. The van der Waals surface area contributed by atoms with E-state index in [1.165, 1.54) is 11.8 Å². The zero-order chi connectivity index (χ0) is 12.0. The van der Waals surface area contributed by atoms with Crippen LogP contribution in [0, 0.1) is 0 Å². The number of carbonyl (C=O) groups excluding carboxylic acids is 1. The van der Waals surface area contributed by atoms with Crippen LogP contribution in [0.2, 0.25) is 0 Å². The van der Waals surface area contributed by atoms with Gasteiger partial charge in [-0.05, 0) is 34.5 Å². The number of amides is 1. The molecule has 1 amide bonds. The third-order valence-electron chi connectivity index (χ3n) is 1.95. The maximum atomic E-state index is 11.5. The van der Waals surface area contributed by atoms with Gasteiger partial charge in [0.15, 0.2) is 0 Å². The van der Waals surface area contributed by atoms with Crippen LogP contribution in [-0.4, -0.2) is 16.1 Å². The molecule has 1 atom stereocenters. The van der Waals surface area contributed by atoms with Gasteiger partial charge >= 0.3 is 0 Å². The van der Waals surface area contributed by atoms with E-state index in [2.05, 4.69) is 26.3 Å². The molecule has 1 aromatic heterocycles. The van der Waals surface area contributed by atoms with Gasteiger partial charge in [-0.25, -0.2) is 10.8 Å². The molecule has 0 spiro atoms. The molecule has 0 aromatic carbocycles. The topological polar surface area (TPSA) is 68.0 Å². The molecule has 0 aliphatic heterocycles. The Balaban J connectivity index is 2.67. The highest BCUT2D eigenvalue weighted by Gasteiger charge is 2.18. The SMILES string of the molecule is CCCC(Sc1ccc(Br)cn1)C(=O)NN. The molecule has 0 saturated carbocycles. The van der Waals surface area contributed by atoms with E-state index >= 15 is 0 Å². The van der Waals surface area contributed by atoms with Gasteiger partial charge in [0.05, 0.1) is 10.3 Å². The number of nitrogens with one attached hydrogen (secondary N) is 1. The molecule has 1 unspecified atom stereocenters. The van der Waals surface area contributed by atoms with E-state index in [1.807, 2.05) is 19.1 Å². The van der Waals surface area contributed by atoms with Crippen molar-refractivity contribution in [1.29, 1.82) is 0 Å². The average molecular weight is 304 g/mol. The quantitative estimate of drug-likeness (QED) is 0.378. The molecule has 0 aliphatic carbocycles. The van der Waals surface area contributed by atoms with E-state index in [-0.39, 0.29) is 11.2 Å². The molecule has 0 saturated heterocycles. The molecule has 1 heterocycles. The third kappa shape index (κ3) is 4.11. The summed E-state index contributed by atoms with van der Waals surface area (Å²) in [6, 6.07) is 3.78. The third-order valence-corrected chi connectivity index (χ3v) is 3.64. The van der Waals surface area contributed by atoms with Crippen LogP contribution < -0.4 is 11.3 Å². The number of nitrogens with two attached hydrogens (primary N) is 1. The van der Waals surface area contributed by atoms with Crippen LogP contribution >= 0.6 is 27.7 Å². The van der Waals surface area contributed by atoms with Crippen molar-refractivity contribution in [1.82, 2.24) is 10.4 Å². The van der Waals surface area contributed by atoms with Crippen LogP contribution in [0.15, 0.2) is 27.8 Å². The lowest BCUT2D eigenvalue weighted by molar-refractivity contribution is -0.120. The Morgan fingerprint density at radius 2 is 2.44 bits per heavy atom. The number of nitrogens with zero attached hydrogens (tertiary/aromatic N) is 1. The number of carbonyl (C=O) groups is 1. The lowest BCUT2D eigenvalue weighted by Gasteiger charge is -2.12. The van der Waals surface area contributed by atoms with Gasteiger partial charge in [-0.15, -0.1) is 0 Å². The van der Waals surface area contributed by atoms with E-state index in [0.29, 0.717) is 0 Å². The number of hydrogen-bond donors (Lipinski definition) is 2. The van der Waals surface area contributed by atoms with Crippen molar-refractivity contribution in [3.8, 4) is 0 Å². The summed E-state index contributed by atoms with van der Waals surface area (Å²) in [4.78, 5) is 15.7. The van der Waals surface area contributed by atoms with Crippen LogP contribution in [0.5, 0.6) is 0 Å². The molecule has 1 rings (SSSR count). The van der Waals surface area contributed by atoms with Crippen LogP contribution in [0.3, 0.4) is 0 Å². The summed E-state index contributed by atoms with van der Waals surface area (Å²) in [6.45, 7) is 2.03. The zero-order valence-electron chi connectivity index (χ0n) is 8.94. The molecule has 3 N–H and O–H groups in total. The molecule has 0 radical (unpaired) electrons. The predicted molar refractivity (Wildman–Crippen MR) is 68.8 cm³/mol. The monoisotopic (exact) mass is 303 g/mol. The zero-order valence-corrected chi connectivity index (χ0v) is 11.3. The highest BCUT2D eigenvalue weighted by molar-refractivity contribution is 9.10. The van der Waals surface area contributed by atoms with E-state index in [1.54, 1.807) is 6.20 Å². The minimum absolute atomic E-state index is 0.156. The predicted octanol–water partition coefficient (Wildman–Crippen LogP) is 2.09. The van der Waals surface area contributed by atoms with Gasteiger partial charge in [-0.2, -0.15) is 0 Å². The number of hydrogen-bond acceptors (Lipinski definition) is 4. The molecule has 0 fully saturated rings. The van der Waals surface area contributed by atoms with Crippen molar-refractivity contribution in [3.63, 3.8) is 0 Å². The lowest BCUT2D eigenvalue weighted by Crippen LogP contribution is -2.37. The van der Waals surface area contributed by atoms with E-state index in [0.717, 1.165) is 22.3 Å². The van der Waals surface area contributed by atoms with Crippen molar-refractivity contribution in [2.24, 2.45) is 5.84 Å². The normalized spacial score (nSPS) is 12.2. The molecule has 1 aromatic rings. The Morgan fingerprint density at radius 1 is 1.69 bits per heavy atom. The molecule has 16 heavy (non-hydrogen) atoms. The number of hydrazine groups is 1. The first-order chi connectivity index (χ1) is 7.67. The minimum Gasteiger partial charge on any atom is -0.293 e. The second-order valence-corrected chi connectivity index (χ2v) is 5.36. The van der Waals surface area contributed by atoms with Gasteiger partial charge in [-0.3, -0.25) is 10.2 Å². The second kappa shape index (κ2) is 6.88. The van der Waals surface area contributed by atoms with Gasteiger partial charge in [-0.1, -0.05) is 25.1 Å². The summed E-state index contributed by atoms with van der Waals surface area (Å²) in [5, 5.41) is 0.647. The van der Waals surface area contributed by atoms with Crippen molar-refractivity contribution in [3.05, 3.63) is 22.8 Å². The number of aromatic nitrogens is 1. The average Bonchev–Trinajstić information content (AvgIpc) is 2.30. The van der Waals surface area contributed by atoms with Gasteiger partial charge in [0.2, 0.25) is 5.91 Å². The minimum atomic E-state index is -0.177. The van der Waals surface area contributed by atoms with E-state index in [4.69, 9.17) is 5.84 Å². The highest BCUT2D eigenvalue weighted by Crippen LogP contribution is 2.25. The summed E-state index contributed by atoms with van der Waals surface area (Å²) in [5.74, 6) is 4.98. The second-order valence-electron chi connectivity index (χ2n) is 3.22. The molecular formula is C10H14BrN3OS. The number of pyridine rings is 1. The fraction of sp³-hybridized carbons (Fsp3) is 0.400. The summed E-state index contributed by atoms with van der Waals surface area (Å²) < 4.78 is 0.923. The summed E-state index contributed by atoms with van der Waals surface area (Å²) in [5.41, 5.74) is 2.18. The molecule has 0 aliphatic rings. The summed E-state index contributed by atoms with van der Waals surface area (Å²) in [6.07, 6.45) is 3.43. The van der Waals surface area contributed by atoms with Gasteiger partial charge < -0.3 is 0 Å². The molecule has 6 heteroatoms. The fourth-order valence-electron chi connectivity index (χ4n) is 1.18. The molecular weight excluding hydrogens is 290 g/mol. The summed E-state index contributed by atoms with van der Waals surface area (Å²) >= 11 is 4.74. The first kappa shape index (κ1) is 13.5. The number of halogens is 1. The van der Waals surface area contributed by atoms with Gasteiger partial charge in [0.25, 0.3) is 0 Å². The van der Waals surface area contributed by atoms with Crippen LogP contribution in [-0.2, 0) is 4.79 Å². The Kier molecular flexibility index (Phi) is 5.79. The number of thioether (sulfide) groups is 1. The molecule has 88 valence electrons. The Hall–Kier alpha value is -0.590. The lowest BCUT2D eigenvalue weighted by atomic mass is 10.2. The largest absolute Gasteiger partial charge is 0.293 e. The Labute approximate surface area is 107 Å². The van der Waals surface area contributed by atoms with Crippen molar-refractivity contribution in [2.45, 2.75) is 30.0 Å². The van der Waals surface area contributed by atoms with Crippen LogP contribution in [0.25, 0.3) is 0 Å². The molecule has 4 nitrogen and oxygen atoms in total. The van der Waals surface area contributed by atoms with Crippen molar-refractivity contribution >= 4 is 33.6 Å². The Bertz CT molecular complexity index is 344.